The van der Waals surface area contributed by atoms with Crippen molar-refractivity contribution in [2.24, 2.45) is 0 Å². The maximum Gasteiger partial charge on any atom is 0.270 e. The third-order valence-corrected chi connectivity index (χ3v) is 6.78. The monoisotopic (exact) mass is 484 g/mol. The predicted octanol–water partition coefficient (Wildman–Crippen LogP) is 4.84. The number of thiazole rings is 1. The number of piperidine rings is 1. The first-order valence-corrected chi connectivity index (χ1v) is 12.6. The molecule has 34 heavy (non-hydrogen) atoms. The van der Waals surface area contributed by atoms with Crippen LogP contribution in [0.25, 0.3) is 0 Å². The van der Waals surface area contributed by atoms with Crippen LogP contribution in [0.2, 0.25) is 0 Å². The summed E-state index contributed by atoms with van der Waals surface area (Å²) in [6.45, 7) is 5.38. The highest BCUT2D eigenvalue weighted by atomic mass is 32.1. The number of carbonyl (C=O) groups excluding carboxylic acids is 1. The summed E-state index contributed by atoms with van der Waals surface area (Å²) in [6.07, 6.45) is 3.76. The van der Waals surface area contributed by atoms with E-state index >= 15 is 0 Å². The zero-order valence-electron chi connectivity index (χ0n) is 19.2. The summed E-state index contributed by atoms with van der Waals surface area (Å²) in [7, 11) is 0. The van der Waals surface area contributed by atoms with Gasteiger partial charge in [0.25, 0.3) is 5.91 Å². The largest absolute Gasteiger partial charge is 0.349 e. The molecule has 0 spiro atoms. The number of benzene rings is 2. The molecule has 180 valence electrons. The van der Waals surface area contributed by atoms with E-state index in [4.69, 9.17) is 0 Å². The molecule has 0 bridgehead atoms. The second kappa shape index (κ2) is 12.1. The molecule has 1 amide bonds. The Hall–Kier alpha value is -2.68. The average Bonchev–Trinajstić information content (AvgIpc) is 3.31. The predicted molar refractivity (Wildman–Crippen MR) is 130 cm³/mol. The average molecular weight is 485 g/mol. The molecule has 0 unspecified atom stereocenters. The van der Waals surface area contributed by atoms with Crippen LogP contribution in [0.15, 0.2) is 53.9 Å². The van der Waals surface area contributed by atoms with Crippen LogP contribution >= 0.6 is 11.3 Å². The molecule has 0 radical (unpaired) electrons. The number of hydrogen-bond donors (Lipinski definition) is 1. The van der Waals surface area contributed by atoms with E-state index in [0.717, 1.165) is 35.8 Å². The first-order chi connectivity index (χ1) is 16.5. The molecule has 1 aliphatic rings. The molecule has 1 aliphatic heterocycles. The van der Waals surface area contributed by atoms with E-state index in [1.54, 1.807) is 29.6 Å². The van der Waals surface area contributed by atoms with E-state index in [-0.39, 0.29) is 17.5 Å². The van der Waals surface area contributed by atoms with Gasteiger partial charge in [-0.05, 0) is 61.3 Å². The lowest BCUT2D eigenvalue weighted by Gasteiger charge is -2.26. The first-order valence-electron chi connectivity index (χ1n) is 11.7. The van der Waals surface area contributed by atoms with E-state index in [1.165, 1.54) is 54.9 Å². The van der Waals surface area contributed by atoms with E-state index in [2.05, 4.69) is 20.1 Å². The molecule has 4 rings (SSSR count). The van der Waals surface area contributed by atoms with Crippen LogP contribution < -0.4 is 5.32 Å². The number of halogens is 2. The summed E-state index contributed by atoms with van der Waals surface area (Å²) < 4.78 is 26.7. The standard InChI is InChI=1S/C26H30F2N4OS/c27-22-8-4-20(5-9-22)16-32(17-21-6-10-23(28)11-7-21)18-25-30-24(19-34-25)26(33)29-12-15-31-13-2-1-3-14-31/h4-11,19H,1-3,12-18H2,(H,29,33). The van der Waals surface area contributed by atoms with Gasteiger partial charge in [0.1, 0.15) is 22.3 Å². The van der Waals surface area contributed by atoms with Crippen LogP contribution in [0.1, 0.15) is 45.9 Å². The highest BCUT2D eigenvalue weighted by molar-refractivity contribution is 7.09. The molecular weight excluding hydrogens is 454 g/mol. The molecule has 8 heteroatoms. The number of hydrogen-bond acceptors (Lipinski definition) is 5. The lowest BCUT2D eigenvalue weighted by atomic mass is 10.1. The van der Waals surface area contributed by atoms with Crippen LogP contribution in [0.4, 0.5) is 8.78 Å². The van der Waals surface area contributed by atoms with Crippen LogP contribution in [0.3, 0.4) is 0 Å². The summed E-state index contributed by atoms with van der Waals surface area (Å²) in [6, 6.07) is 12.8. The fourth-order valence-corrected chi connectivity index (χ4v) is 4.96. The van der Waals surface area contributed by atoms with Gasteiger partial charge < -0.3 is 10.2 Å². The zero-order chi connectivity index (χ0) is 23.8. The van der Waals surface area contributed by atoms with Gasteiger partial charge in [0.15, 0.2) is 0 Å². The molecule has 3 aromatic rings. The summed E-state index contributed by atoms with van der Waals surface area (Å²) in [4.78, 5) is 21.7. The SMILES string of the molecule is O=C(NCCN1CCCCC1)c1csc(CN(Cc2ccc(F)cc2)Cc2ccc(F)cc2)n1. The Morgan fingerprint density at radius 1 is 0.912 bits per heavy atom. The maximum atomic E-state index is 13.3. The van der Waals surface area contributed by atoms with Crippen molar-refractivity contribution in [3.05, 3.63) is 87.4 Å². The zero-order valence-corrected chi connectivity index (χ0v) is 20.0. The number of carbonyl (C=O) groups is 1. The van der Waals surface area contributed by atoms with Crippen molar-refractivity contribution < 1.29 is 13.6 Å². The molecular formula is C26H30F2N4OS. The summed E-state index contributed by atoms with van der Waals surface area (Å²) in [5.41, 5.74) is 2.37. The molecule has 2 heterocycles. The highest BCUT2D eigenvalue weighted by Crippen LogP contribution is 2.18. The van der Waals surface area contributed by atoms with Crippen molar-refractivity contribution in [1.82, 2.24) is 20.1 Å². The van der Waals surface area contributed by atoms with E-state index in [9.17, 15) is 13.6 Å². The lowest BCUT2D eigenvalue weighted by molar-refractivity contribution is 0.0942. The van der Waals surface area contributed by atoms with Gasteiger partial charge >= 0.3 is 0 Å². The van der Waals surface area contributed by atoms with Crippen molar-refractivity contribution in [1.29, 1.82) is 0 Å². The third-order valence-electron chi connectivity index (χ3n) is 5.94. The van der Waals surface area contributed by atoms with Gasteiger partial charge in [0, 0.05) is 31.6 Å². The van der Waals surface area contributed by atoms with Gasteiger partial charge in [0.05, 0.1) is 6.54 Å². The van der Waals surface area contributed by atoms with Gasteiger partial charge in [-0.25, -0.2) is 13.8 Å². The Morgan fingerprint density at radius 3 is 2.09 bits per heavy atom. The quantitative estimate of drug-likeness (QED) is 0.447. The topological polar surface area (TPSA) is 48.5 Å². The normalized spacial score (nSPS) is 14.4. The second-order valence-corrected chi connectivity index (χ2v) is 9.63. The fraction of sp³-hybridized carbons (Fsp3) is 0.385. The number of nitrogens with one attached hydrogen (secondary N) is 1. The summed E-state index contributed by atoms with van der Waals surface area (Å²) in [5.74, 6) is -0.697. The lowest BCUT2D eigenvalue weighted by Crippen LogP contribution is -2.37. The number of nitrogens with zero attached hydrogens (tertiary/aromatic N) is 3. The van der Waals surface area contributed by atoms with Gasteiger partial charge in [-0.15, -0.1) is 11.3 Å². The van der Waals surface area contributed by atoms with Crippen molar-refractivity contribution >= 4 is 17.2 Å². The van der Waals surface area contributed by atoms with Gasteiger partial charge in [-0.2, -0.15) is 0 Å². The number of rotatable bonds is 10. The minimum Gasteiger partial charge on any atom is -0.349 e. The molecule has 0 saturated carbocycles. The Balaban J connectivity index is 1.36. The van der Waals surface area contributed by atoms with E-state index in [0.29, 0.717) is 31.9 Å². The Labute approximate surface area is 203 Å². The van der Waals surface area contributed by atoms with Gasteiger partial charge in [-0.1, -0.05) is 30.7 Å². The van der Waals surface area contributed by atoms with Crippen LogP contribution in [-0.2, 0) is 19.6 Å². The Bertz CT molecular complexity index is 1000. The smallest absolute Gasteiger partial charge is 0.270 e. The van der Waals surface area contributed by atoms with E-state index < -0.39 is 0 Å². The Morgan fingerprint density at radius 2 is 1.50 bits per heavy atom. The second-order valence-electron chi connectivity index (χ2n) is 8.68. The Kier molecular flexibility index (Phi) is 8.73. The third kappa shape index (κ3) is 7.41. The minimum absolute atomic E-state index is 0.150. The van der Waals surface area contributed by atoms with Crippen molar-refractivity contribution in [2.75, 3.05) is 26.2 Å². The minimum atomic E-state index is -0.273. The van der Waals surface area contributed by atoms with Crippen LogP contribution in [0.5, 0.6) is 0 Å². The summed E-state index contributed by atoms with van der Waals surface area (Å²) in [5, 5.41) is 5.60. The van der Waals surface area contributed by atoms with Crippen molar-refractivity contribution in [2.45, 2.75) is 38.9 Å². The summed E-state index contributed by atoms with van der Waals surface area (Å²) >= 11 is 1.45. The highest BCUT2D eigenvalue weighted by Gasteiger charge is 2.15. The molecule has 0 aliphatic carbocycles. The number of amides is 1. The molecule has 2 aromatic carbocycles. The van der Waals surface area contributed by atoms with Crippen LogP contribution in [0, 0.1) is 11.6 Å². The van der Waals surface area contributed by atoms with Gasteiger partial charge in [0.2, 0.25) is 0 Å². The molecule has 1 N–H and O–H groups in total. The molecule has 0 atom stereocenters. The van der Waals surface area contributed by atoms with Crippen molar-refractivity contribution in [3.63, 3.8) is 0 Å². The number of aromatic nitrogens is 1. The fourth-order valence-electron chi connectivity index (χ4n) is 4.14. The van der Waals surface area contributed by atoms with E-state index in [1.807, 2.05) is 0 Å². The van der Waals surface area contributed by atoms with Crippen LogP contribution in [-0.4, -0.2) is 46.9 Å². The first kappa shape index (κ1) is 24.4. The molecule has 1 aromatic heterocycles. The van der Waals surface area contributed by atoms with Gasteiger partial charge in [-0.3, -0.25) is 9.69 Å². The number of likely N-dealkylation sites (tertiary alicyclic amines) is 1. The maximum absolute atomic E-state index is 13.3. The molecule has 1 saturated heterocycles. The molecule has 1 fully saturated rings. The molecule has 5 nitrogen and oxygen atoms in total. The van der Waals surface area contributed by atoms with Crippen molar-refractivity contribution in [3.8, 4) is 0 Å².